The van der Waals surface area contributed by atoms with Crippen LogP contribution in [0.1, 0.15) is 18.1 Å². The van der Waals surface area contributed by atoms with Crippen molar-refractivity contribution in [2.75, 3.05) is 24.3 Å². The van der Waals surface area contributed by atoms with Crippen molar-refractivity contribution in [2.24, 2.45) is 0 Å². The van der Waals surface area contributed by atoms with Gasteiger partial charge in [-0.25, -0.2) is 0 Å². The van der Waals surface area contributed by atoms with E-state index in [0.29, 0.717) is 5.69 Å². The second kappa shape index (κ2) is 6.33. The molecule has 20 heavy (non-hydrogen) atoms. The average molecular weight is 270 g/mol. The van der Waals surface area contributed by atoms with Crippen molar-refractivity contribution in [1.82, 2.24) is 0 Å². The summed E-state index contributed by atoms with van der Waals surface area (Å²) < 4.78 is 5.19. The van der Waals surface area contributed by atoms with Gasteiger partial charge in [0.25, 0.3) is 0 Å². The maximum Gasteiger partial charge on any atom is 0.141 e. The smallest absolute Gasteiger partial charge is 0.141 e. The highest BCUT2D eigenvalue weighted by Crippen LogP contribution is 2.24. The van der Waals surface area contributed by atoms with Crippen LogP contribution in [0.3, 0.4) is 0 Å². The van der Waals surface area contributed by atoms with E-state index in [1.807, 2.05) is 12.1 Å². The van der Waals surface area contributed by atoms with Crippen LogP contribution in [-0.2, 0) is 6.54 Å². The Morgan fingerprint density at radius 3 is 2.35 bits per heavy atom. The summed E-state index contributed by atoms with van der Waals surface area (Å²) in [7, 11) is 1.63. The summed E-state index contributed by atoms with van der Waals surface area (Å²) in [6.45, 7) is 6.06. The Morgan fingerprint density at radius 1 is 1.10 bits per heavy atom. The first kappa shape index (κ1) is 14.3. The van der Waals surface area contributed by atoms with Crippen molar-refractivity contribution in [3.63, 3.8) is 0 Å². The molecule has 2 rings (SSSR count). The van der Waals surface area contributed by atoms with E-state index in [1.165, 1.54) is 16.8 Å². The Kier molecular flexibility index (Phi) is 4.51. The minimum Gasteiger partial charge on any atom is -0.495 e. The van der Waals surface area contributed by atoms with Crippen LogP contribution in [0.4, 0.5) is 11.4 Å². The summed E-state index contributed by atoms with van der Waals surface area (Å²) in [5.74, 6) is 0.729. The topological polar surface area (TPSA) is 38.5 Å². The maximum atomic E-state index is 5.96. The fourth-order valence-corrected chi connectivity index (χ4v) is 2.24. The maximum absolute atomic E-state index is 5.96. The number of methoxy groups -OCH3 is 1. The van der Waals surface area contributed by atoms with Crippen molar-refractivity contribution >= 4 is 11.4 Å². The van der Waals surface area contributed by atoms with Gasteiger partial charge in [0.2, 0.25) is 0 Å². The second-order valence-corrected chi connectivity index (χ2v) is 4.93. The Balaban J connectivity index is 2.17. The molecule has 3 heteroatoms. The quantitative estimate of drug-likeness (QED) is 0.843. The number of nitrogen functional groups attached to an aromatic ring is 1. The number of anilines is 2. The third-order valence-electron chi connectivity index (χ3n) is 3.45. The van der Waals surface area contributed by atoms with Gasteiger partial charge in [0.1, 0.15) is 5.75 Å². The third kappa shape index (κ3) is 3.23. The van der Waals surface area contributed by atoms with E-state index < -0.39 is 0 Å². The summed E-state index contributed by atoms with van der Waals surface area (Å²) >= 11 is 0. The SMILES string of the molecule is CCN(Cc1ccc(OC)c(N)c1)c1ccc(C)cc1. The van der Waals surface area contributed by atoms with Crippen LogP contribution in [0.25, 0.3) is 0 Å². The van der Waals surface area contributed by atoms with Crippen LogP contribution in [0.2, 0.25) is 0 Å². The molecule has 0 atom stereocenters. The predicted octanol–water partition coefficient (Wildman–Crippen LogP) is 3.61. The number of rotatable bonds is 5. The standard InChI is InChI=1S/C17H22N2O/c1-4-19(15-8-5-13(2)6-9-15)12-14-7-10-17(20-3)16(18)11-14/h5-11H,4,12,18H2,1-3H3. The molecule has 0 unspecified atom stereocenters. The number of benzene rings is 2. The molecule has 0 aliphatic carbocycles. The molecule has 0 amide bonds. The molecule has 0 aliphatic heterocycles. The number of nitrogens with two attached hydrogens (primary N) is 1. The van der Waals surface area contributed by atoms with E-state index in [-0.39, 0.29) is 0 Å². The van der Waals surface area contributed by atoms with Crippen molar-refractivity contribution in [1.29, 1.82) is 0 Å². The lowest BCUT2D eigenvalue weighted by molar-refractivity contribution is 0.417. The molecule has 0 saturated heterocycles. The lowest BCUT2D eigenvalue weighted by Gasteiger charge is -2.23. The van der Waals surface area contributed by atoms with Gasteiger partial charge in [0.15, 0.2) is 0 Å². The molecule has 2 aromatic carbocycles. The van der Waals surface area contributed by atoms with Crippen LogP contribution in [0.15, 0.2) is 42.5 Å². The van der Waals surface area contributed by atoms with E-state index in [2.05, 4.69) is 49.1 Å². The molecule has 0 heterocycles. The molecule has 0 bridgehead atoms. The molecule has 0 saturated carbocycles. The van der Waals surface area contributed by atoms with Gasteiger partial charge in [-0.3, -0.25) is 0 Å². The Hall–Kier alpha value is -2.16. The Morgan fingerprint density at radius 2 is 1.80 bits per heavy atom. The van der Waals surface area contributed by atoms with Gasteiger partial charge in [-0.1, -0.05) is 23.8 Å². The minimum absolute atomic E-state index is 0.685. The molecule has 2 N–H and O–H groups in total. The molecular formula is C17H22N2O. The molecular weight excluding hydrogens is 248 g/mol. The fraction of sp³-hybridized carbons (Fsp3) is 0.294. The highest BCUT2D eigenvalue weighted by molar-refractivity contribution is 5.55. The summed E-state index contributed by atoms with van der Waals surface area (Å²) in [6.07, 6.45) is 0. The van der Waals surface area contributed by atoms with Gasteiger partial charge >= 0.3 is 0 Å². The first-order chi connectivity index (χ1) is 9.63. The van der Waals surface area contributed by atoms with Gasteiger partial charge in [-0.15, -0.1) is 0 Å². The second-order valence-electron chi connectivity index (χ2n) is 4.93. The molecule has 0 radical (unpaired) electrons. The van der Waals surface area contributed by atoms with Crippen LogP contribution in [0.5, 0.6) is 5.75 Å². The van der Waals surface area contributed by atoms with Crippen molar-refractivity contribution in [3.05, 3.63) is 53.6 Å². The van der Waals surface area contributed by atoms with Crippen LogP contribution < -0.4 is 15.4 Å². The first-order valence-electron chi connectivity index (χ1n) is 6.88. The zero-order valence-corrected chi connectivity index (χ0v) is 12.4. The number of hydrogen-bond donors (Lipinski definition) is 1. The van der Waals surface area contributed by atoms with Crippen LogP contribution >= 0.6 is 0 Å². The third-order valence-corrected chi connectivity index (χ3v) is 3.45. The zero-order valence-electron chi connectivity index (χ0n) is 12.4. The van der Waals surface area contributed by atoms with Gasteiger partial charge in [0, 0.05) is 18.8 Å². The Labute approximate surface area is 121 Å². The van der Waals surface area contributed by atoms with E-state index in [0.717, 1.165) is 18.8 Å². The van der Waals surface area contributed by atoms with Gasteiger partial charge in [0.05, 0.1) is 12.8 Å². The van der Waals surface area contributed by atoms with E-state index >= 15 is 0 Å². The molecule has 3 nitrogen and oxygen atoms in total. The van der Waals surface area contributed by atoms with Gasteiger partial charge in [-0.2, -0.15) is 0 Å². The summed E-state index contributed by atoms with van der Waals surface area (Å²) in [5.41, 5.74) is 10.3. The van der Waals surface area contributed by atoms with Crippen molar-refractivity contribution < 1.29 is 4.74 Å². The average Bonchev–Trinajstić information content (AvgIpc) is 2.46. The summed E-state index contributed by atoms with van der Waals surface area (Å²) in [5, 5.41) is 0. The summed E-state index contributed by atoms with van der Waals surface area (Å²) in [4.78, 5) is 2.32. The number of ether oxygens (including phenoxy) is 1. The van der Waals surface area contributed by atoms with Crippen molar-refractivity contribution in [2.45, 2.75) is 20.4 Å². The molecule has 0 spiro atoms. The molecule has 0 aliphatic rings. The Bertz CT molecular complexity index is 564. The monoisotopic (exact) mass is 270 g/mol. The molecule has 106 valence electrons. The number of nitrogens with zero attached hydrogens (tertiary/aromatic N) is 1. The number of aryl methyl sites for hydroxylation is 1. The molecule has 0 aromatic heterocycles. The molecule has 2 aromatic rings. The minimum atomic E-state index is 0.685. The number of hydrogen-bond acceptors (Lipinski definition) is 3. The largest absolute Gasteiger partial charge is 0.495 e. The van der Waals surface area contributed by atoms with Gasteiger partial charge < -0.3 is 15.4 Å². The van der Waals surface area contributed by atoms with Crippen molar-refractivity contribution in [3.8, 4) is 5.75 Å². The first-order valence-corrected chi connectivity index (χ1v) is 6.88. The van der Waals surface area contributed by atoms with Gasteiger partial charge in [-0.05, 0) is 43.7 Å². The van der Waals surface area contributed by atoms with E-state index in [4.69, 9.17) is 10.5 Å². The highest BCUT2D eigenvalue weighted by Gasteiger charge is 2.07. The van der Waals surface area contributed by atoms with E-state index in [9.17, 15) is 0 Å². The predicted molar refractivity (Wildman–Crippen MR) is 85.3 cm³/mol. The highest BCUT2D eigenvalue weighted by atomic mass is 16.5. The fourth-order valence-electron chi connectivity index (χ4n) is 2.24. The lowest BCUT2D eigenvalue weighted by atomic mass is 10.1. The van der Waals surface area contributed by atoms with E-state index in [1.54, 1.807) is 7.11 Å². The normalized spacial score (nSPS) is 10.3. The molecule has 0 fully saturated rings. The van der Waals surface area contributed by atoms with Crippen LogP contribution in [-0.4, -0.2) is 13.7 Å². The van der Waals surface area contributed by atoms with Crippen LogP contribution in [0, 0.1) is 6.92 Å². The summed E-state index contributed by atoms with van der Waals surface area (Å²) in [6, 6.07) is 14.6. The zero-order chi connectivity index (χ0) is 14.5. The lowest BCUT2D eigenvalue weighted by Crippen LogP contribution is -2.21.